The van der Waals surface area contributed by atoms with E-state index in [1.54, 1.807) is 6.92 Å². The molecule has 2 aliphatic rings. The van der Waals surface area contributed by atoms with Gasteiger partial charge in [-0.1, -0.05) is 60.7 Å². The van der Waals surface area contributed by atoms with Crippen molar-refractivity contribution in [2.24, 2.45) is 11.0 Å². The van der Waals surface area contributed by atoms with Gasteiger partial charge in [0, 0.05) is 12.1 Å². The van der Waals surface area contributed by atoms with Crippen LogP contribution in [0.1, 0.15) is 52.6 Å². The molecule has 7 nitrogen and oxygen atoms in total. The number of aryl methyl sites for hydroxylation is 1. The van der Waals surface area contributed by atoms with E-state index >= 15 is 0 Å². The molecule has 0 spiro atoms. The molecular formula is C28H26N4O3. The number of amides is 1. The van der Waals surface area contributed by atoms with Crippen LogP contribution in [-0.4, -0.2) is 39.2 Å². The molecule has 1 aromatic heterocycles. The minimum Gasteiger partial charge on any atom is -0.451 e. The van der Waals surface area contributed by atoms with E-state index in [0.29, 0.717) is 5.69 Å². The van der Waals surface area contributed by atoms with Crippen LogP contribution in [0.4, 0.5) is 0 Å². The highest BCUT2D eigenvalue weighted by atomic mass is 16.5. The second-order valence-electron chi connectivity index (χ2n) is 8.78. The standard InChI is InChI=1S/C28H26N4O3/c1-19-16-30-24(17-29-19)28(34)35-18-25(33)32-27(21-11-6-3-7-12-21)23-14-8-13-22(26(23)31-32)15-20-9-4-2-5-10-20/h2-7,9-12,15-17,23,27H,8,13-14,18H2,1H3. The molecule has 176 valence electrons. The van der Waals surface area contributed by atoms with Crippen molar-refractivity contribution in [3.05, 3.63) is 101 Å². The van der Waals surface area contributed by atoms with Crippen molar-refractivity contribution < 1.29 is 14.3 Å². The molecule has 2 unspecified atom stereocenters. The SMILES string of the molecule is Cc1cnc(C(=O)OCC(=O)N2N=C3C(=Cc4ccccc4)CCCC3C2c2ccccc2)cn1. The van der Waals surface area contributed by atoms with Gasteiger partial charge in [0.05, 0.1) is 23.6 Å². The third kappa shape index (κ3) is 4.89. The third-order valence-corrected chi connectivity index (χ3v) is 6.36. The van der Waals surface area contributed by atoms with Gasteiger partial charge in [0.2, 0.25) is 0 Å². The van der Waals surface area contributed by atoms with Crippen LogP contribution < -0.4 is 0 Å². The number of ether oxygens (including phenoxy) is 1. The number of hydrogen-bond acceptors (Lipinski definition) is 6. The lowest BCUT2D eigenvalue weighted by Crippen LogP contribution is -2.34. The zero-order valence-corrected chi connectivity index (χ0v) is 19.5. The first-order valence-corrected chi connectivity index (χ1v) is 11.8. The fraction of sp³-hybridized carbons (Fsp3) is 0.250. The summed E-state index contributed by atoms with van der Waals surface area (Å²) in [5, 5.41) is 6.33. The van der Waals surface area contributed by atoms with E-state index in [4.69, 9.17) is 9.84 Å². The quantitative estimate of drug-likeness (QED) is 0.506. The van der Waals surface area contributed by atoms with Gasteiger partial charge in [0.15, 0.2) is 12.3 Å². The molecule has 0 bridgehead atoms. The molecule has 5 rings (SSSR count). The second kappa shape index (κ2) is 10.0. The van der Waals surface area contributed by atoms with Gasteiger partial charge >= 0.3 is 5.97 Å². The number of benzene rings is 2. The second-order valence-corrected chi connectivity index (χ2v) is 8.78. The van der Waals surface area contributed by atoms with Crippen molar-refractivity contribution in [1.29, 1.82) is 0 Å². The summed E-state index contributed by atoms with van der Waals surface area (Å²) in [7, 11) is 0. The summed E-state index contributed by atoms with van der Waals surface area (Å²) >= 11 is 0. The maximum Gasteiger partial charge on any atom is 0.359 e. The zero-order valence-electron chi connectivity index (χ0n) is 19.5. The summed E-state index contributed by atoms with van der Waals surface area (Å²) in [6.07, 6.45) is 7.87. The lowest BCUT2D eigenvalue weighted by Gasteiger charge is -2.29. The van der Waals surface area contributed by atoms with Crippen LogP contribution in [0.2, 0.25) is 0 Å². The lowest BCUT2D eigenvalue weighted by molar-refractivity contribution is -0.137. The predicted octanol–water partition coefficient (Wildman–Crippen LogP) is 4.77. The van der Waals surface area contributed by atoms with Gasteiger partial charge < -0.3 is 4.74 Å². The van der Waals surface area contributed by atoms with E-state index in [-0.39, 0.29) is 23.6 Å². The van der Waals surface area contributed by atoms with Gasteiger partial charge in [0.1, 0.15) is 0 Å². The van der Waals surface area contributed by atoms with Gasteiger partial charge in [0.25, 0.3) is 5.91 Å². The fourth-order valence-corrected chi connectivity index (χ4v) is 4.71. The monoisotopic (exact) mass is 466 g/mol. The van der Waals surface area contributed by atoms with E-state index < -0.39 is 12.6 Å². The number of esters is 1. The van der Waals surface area contributed by atoms with E-state index in [1.807, 2.05) is 48.5 Å². The van der Waals surface area contributed by atoms with Crippen LogP contribution in [0.25, 0.3) is 6.08 Å². The number of hydrogen-bond donors (Lipinski definition) is 0. The largest absolute Gasteiger partial charge is 0.451 e. The number of carbonyl (C=O) groups excluding carboxylic acids is 2. The first-order chi connectivity index (χ1) is 17.1. The van der Waals surface area contributed by atoms with Crippen LogP contribution in [0, 0.1) is 12.8 Å². The Morgan fingerprint density at radius 3 is 2.49 bits per heavy atom. The highest BCUT2D eigenvalue weighted by molar-refractivity contribution is 6.08. The van der Waals surface area contributed by atoms with Gasteiger partial charge in [-0.2, -0.15) is 5.10 Å². The molecule has 3 aromatic rings. The summed E-state index contributed by atoms with van der Waals surface area (Å²) < 4.78 is 5.29. The molecule has 0 radical (unpaired) electrons. The van der Waals surface area contributed by atoms with Gasteiger partial charge in [-0.15, -0.1) is 0 Å². The minimum atomic E-state index is -0.684. The average Bonchev–Trinajstić information content (AvgIpc) is 3.29. The minimum absolute atomic E-state index is 0.0671. The molecule has 0 N–H and O–H groups in total. The maximum absolute atomic E-state index is 13.3. The maximum atomic E-state index is 13.3. The molecule has 2 atom stereocenters. The Balaban J connectivity index is 1.41. The molecule has 1 saturated carbocycles. The summed E-state index contributed by atoms with van der Waals surface area (Å²) in [6.45, 7) is 1.36. The number of rotatable bonds is 5. The Morgan fingerprint density at radius 2 is 1.77 bits per heavy atom. The summed E-state index contributed by atoms with van der Waals surface area (Å²) in [5.41, 5.74) is 4.98. The van der Waals surface area contributed by atoms with E-state index in [1.165, 1.54) is 17.4 Å². The average molecular weight is 467 g/mol. The first kappa shape index (κ1) is 22.7. The van der Waals surface area contributed by atoms with E-state index in [2.05, 4.69) is 28.2 Å². The molecule has 35 heavy (non-hydrogen) atoms. The number of allylic oxidation sites excluding steroid dienone is 1. The molecule has 1 aliphatic carbocycles. The molecule has 2 aromatic carbocycles. The fourth-order valence-electron chi connectivity index (χ4n) is 4.71. The Morgan fingerprint density at radius 1 is 1.03 bits per heavy atom. The Kier molecular flexibility index (Phi) is 6.48. The van der Waals surface area contributed by atoms with Gasteiger partial charge in [-0.3, -0.25) is 9.78 Å². The molecule has 7 heteroatoms. The summed E-state index contributed by atoms with van der Waals surface area (Å²) in [5.74, 6) is -0.965. The van der Waals surface area contributed by atoms with E-state index in [0.717, 1.165) is 41.7 Å². The zero-order chi connectivity index (χ0) is 24.2. The Hall–Kier alpha value is -4.13. The van der Waals surface area contributed by atoms with E-state index in [9.17, 15) is 9.59 Å². The smallest absolute Gasteiger partial charge is 0.359 e. The molecular weight excluding hydrogens is 440 g/mol. The molecule has 1 aliphatic heterocycles. The van der Waals surface area contributed by atoms with Crippen molar-refractivity contribution >= 4 is 23.7 Å². The van der Waals surface area contributed by atoms with Crippen molar-refractivity contribution in [2.75, 3.05) is 6.61 Å². The van der Waals surface area contributed by atoms with Crippen LogP contribution in [0.3, 0.4) is 0 Å². The summed E-state index contributed by atoms with van der Waals surface area (Å²) in [6, 6.07) is 19.8. The van der Waals surface area contributed by atoms with Crippen LogP contribution in [0.5, 0.6) is 0 Å². The molecule has 0 saturated heterocycles. The van der Waals surface area contributed by atoms with Gasteiger partial charge in [-0.05, 0) is 49.0 Å². The van der Waals surface area contributed by atoms with Crippen LogP contribution in [0.15, 0.2) is 83.7 Å². The highest BCUT2D eigenvalue weighted by Crippen LogP contribution is 2.44. The van der Waals surface area contributed by atoms with Crippen LogP contribution in [-0.2, 0) is 9.53 Å². The number of fused-ring (bicyclic) bond motifs is 1. The highest BCUT2D eigenvalue weighted by Gasteiger charge is 2.43. The van der Waals surface area contributed by atoms with Crippen molar-refractivity contribution in [2.45, 2.75) is 32.2 Å². The third-order valence-electron chi connectivity index (χ3n) is 6.36. The van der Waals surface area contributed by atoms with Gasteiger partial charge in [-0.25, -0.2) is 14.8 Å². The number of hydrazone groups is 1. The Bertz CT molecular complexity index is 1270. The molecule has 1 amide bonds. The Labute approximate surface area is 204 Å². The topological polar surface area (TPSA) is 84.8 Å². The first-order valence-electron chi connectivity index (χ1n) is 11.8. The van der Waals surface area contributed by atoms with Crippen molar-refractivity contribution in [3.8, 4) is 0 Å². The molecule has 1 fully saturated rings. The molecule has 2 heterocycles. The number of nitrogens with zero attached hydrogens (tertiary/aromatic N) is 4. The lowest BCUT2D eigenvalue weighted by atomic mass is 9.77. The van der Waals surface area contributed by atoms with Crippen molar-refractivity contribution in [3.63, 3.8) is 0 Å². The predicted molar refractivity (Wildman–Crippen MR) is 132 cm³/mol. The number of aromatic nitrogens is 2. The van der Waals surface area contributed by atoms with Crippen LogP contribution >= 0.6 is 0 Å². The summed E-state index contributed by atoms with van der Waals surface area (Å²) in [4.78, 5) is 33.8. The normalized spacial score (nSPS) is 20.3. The van der Waals surface area contributed by atoms with Crippen molar-refractivity contribution in [1.82, 2.24) is 15.0 Å². The number of carbonyl (C=O) groups is 2.